The first-order chi connectivity index (χ1) is 10.1. The normalized spacial score (nSPS) is 11.5. The molecule has 2 rings (SSSR count). The third-order valence-electron chi connectivity index (χ3n) is 2.79. The molecule has 4 nitrogen and oxygen atoms in total. The van der Waals surface area contributed by atoms with E-state index in [9.17, 15) is 14.0 Å². The van der Waals surface area contributed by atoms with Gasteiger partial charge in [-0.15, -0.1) is 0 Å². The topological polar surface area (TPSA) is 55.4 Å². The Morgan fingerprint density at radius 2 is 1.95 bits per heavy atom. The Labute approximate surface area is 121 Å². The van der Waals surface area contributed by atoms with Crippen molar-refractivity contribution in [2.45, 2.75) is 13.0 Å². The van der Waals surface area contributed by atoms with Gasteiger partial charge in [0.15, 0.2) is 6.10 Å². The van der Waals surface area contributed by atoms with Gasteiger partial charge in [0.1, 0.15) is 17.9 Å². The van der Waals surface area contributed by atoms with Crippen LogP contribution in [0.3, 0.4) is 0 Å². The molecule has 0 aliphatic carbocycles. The molecule has 0 saturated heterocycles. The Kier molecular flexibility index (Phi) is 4.66. The van der Waals surface area contributed by atoms with Crippen molar-refractivity contribution >= 4 is 17.9 Å². The van der Waals surface area contributed by atoms with Crippen LogP contribution in [0.1, 0.15) is 17.3 Å². The Balaban J connectivity index is 1.98. The lowest BCUT2D eigenvalue weighted by atomic mass is 10.2. The minimum absolute atomic E-state index is 0.363. The summed E-state index contributed by atoms with van der Waals surface area (Å²) in [4.78, 5) is 22.6. The zero-order valence-electron chi connectivity index (χ0n) is 11.4. The average Bonchev–Trinajstić information content (AvgIpc) is 2.49. The quantitative estimate of drug-likeness (QED) is 0.860. The predicted octanol–water partition coefficient (Wildman–Crippen LogP) is 3.04. The molecule has 108 valence electrons. The van der Waals surface area contributed by atoms with Crippen molar-refractivity contribution < 1.29 is 18.7 Å². The van der Waals surface area contributed by atoms with E-state index >= 15 is 0 Å². The number of halogens is 1. The van der Waals surface area contributed by atoms with Crippen LogP contribution in [0.15, 0.2) is 48.5 Å². The van der Waals surface area contributed by atoms with Gasteiger partial charge >= 0.3 is 0 Å². The molecule has 1 N–H and O–H groups in total. The molecule has 0 unspecified atom stereocenters. The number of amides is 1. The van der Waals surface area contributed by atoms with E-state index in [0.717, 1.165) is 0 Å². The van der Waals surface area contributed by atoms with Crippen LogP contribution in [0.5, 0.6) is 5.75 Å². The van der Waals surface area contributed by atoms with Crippen LogP contribution < -0.4 is 10.1 Å². The molecule has 0 fully saturated rings. The van der Waals surface area contributed by atoms with Crippen molar-refractivity contribution in [1.82, 2.24) is 0 Å². The molecular weight excluding hydrogens is 273 g/mol. The van der Waals surface area contributed by atoms with Crippen molar-refractivity contribution in [1.29, 1.82) is 0 Å². The van der Waals surface area contributed by atoms with Crippen molar-refractivity contribution in [3.8, 4) is 5.75 Å². The fourth-order valence-electron chi connectivity index (χ4n) is 1.70. The summed E-state index contributed by atoms with van der Waals surface area (Å²) >= 11 is 0. The van der Waals surface area contributed by atoms with E-state index in [1.807, 2.05) is 0 Å². The highest BCUT2D eigenvalue weighted by Crippen LogP contribution is 2.15. The average molecular weight is 287 g/mol. The first-order valence-corrected chi connectivity index (χ1v) is 6.37. The van der Waals surface area contributed by atoms with Gasteiger partial charge in [-0.1, -0.05) is 12.1 Å². The molecular formula is C16H14FNO3. The fraction of sp³-hybridized carbons (Fsp3) is 0.125. The second-order valence-corrected chi connectivity index (χ2v) is 4.45. The summed E-state index contributed by atoms with van der Waals surface area (Å²) in [6, 6.07) is 12.0. The van der Waals surface area contributed by atoms with E-state index < -0.39 is 6.10 Å². The second kappa shape index (κ2) is 6.65. The molecule has 0 radical (unpaired) electrons. The number of carbonyl (C=O) groups excluding carboxylic acids is 2. The van der Waals surface area contributed by atoms with Gasteiger partial charge < -0.3 is 10.1 Å². The van der Waals surface area contributed by atoms with E-state index in [-0.39, 0.29) is 11.7 Å². The molecule has 0 heterocycles. The molecule has 21 heavy (non-hydrogen) atoms. The number of nitrogens with one attached hydrogen (secondary N) is 1. The molecule has 0 aromatic heterocycles. The summed E-state index contributed by atoms with van der Waals surface area (Å²) in [6.07, 6.45) is -0.0483. The van der Waals surface area contributed by atoms with Crippen molar-refractivity contribution in [2.24, 2.45) is 0 Å². The van der Waals surface area contributed by atoms with E-state index in [0.29, 0.717) is 23.3 Å². The molecule has 1 amide bonds. The second-order valence-electron chi connectivity index (χ2n) is 4.45. The van der Waals surface area contributed by atoms with Gasteiger partial charge in [-0.3, -0.25) is 9.59 Å². The van der Waals surface area contributed by atoms with Gasteiger partial charge in [-0.25, -0.2) is 4.39 Å². The van der Waals surface area contributed by atoms with E-state index in [1.54, 1.807) is 31.2 Å². The minimum Gasteiger partial charge on any atom is -0.481 e. The number of rotatable bonds is 5. The van der Waals surface area contributed by atoms with E-state index in [1.165, 1.54) is 24.3 Å². The van der Waals surface area contributed by atoms with E-state index in [2.05, 4.69) is 5.32 Å². The zero-order chi connectivity index (χ0) is 15.2. The highest BCUT2D eigenvalue weighted by molar-refractivity contribution is 5.94. The molecule has 0 aliphatic rings. The van der Waals surface area contributed by atoms with Gasteiger partial charge in [0.05, 0.1) is 0 Å². The molecule has 0 aliphatic heterocycles. The molecule has 0 bridgehead atoms. The summed E-state index contributed by atoms with van der Waals surface area (Å²) in [5.74, 6) is -0.303. The molecule has 1 atom stereocenters. The SMILES string of the molecule is C[C@@H](Oc1cccc(C=O)c1)C(=O)Nc1ccc(F)cc1. The summed E-state index contributed by atoms with van der Waals surface area (Å²) in [5, 5.41) is 2.62. The molecule has 2 aromatic carbocycles. The molecule has 2 aromatic rings. The highest BCUT2D eigenvalue weighted by Gasteiger charge is 2.15. The third kappa shape index (κ3) is 4.14. The zero-order valence-corrected chi connectivity index (χ0v) is 11.4. The number of carbonyl (C=O) groups is 2. The van der Waals surface area contributed by atoms with Gasteiger partial charge in [0, 0.05) is 11.3 Å². The Bertz CT molecular complexity index is 640. The highest BCUT2D eigenvalue weighted by atomic mass is 19.1. The monoisotopic (exact) mass is 287 g/mol. The van der Waals surface area contributed by atoms with Gasteiger partial charge in [-0.2, -0.15) is 0 Å². The third-order valence-corrected chi connectivity index (χ3v) is 2.79. The van der Waals surface area contributed by atoms with Gasteiger partial charge in [0.25, 0.3) is 5.91 Å². The summed E-state index contributed by atoms with van der Waals surface area (Å²) in [6.45, 7) is 1.59. The number of ether oxygens (including phenoxy) is 1. The maximum atomic E-state index is 12.8. The van der Waals surface area contributed by atoms with Crippen LogP contribution in [-0.4, -0.2) is 18.3 Å². The lowest BCUT2D eigenvalue weighted by molar-refractivity contribution is -0.122. The summed E-state index contributed by atoms with van der Waals surface area (Å²) < 4.78 is 18.2. The van der Waals surface area contributed by atoms with Crippen LogP contribution in [0.4, 0.5) is 10.1 Å². The lowest BCUT2D eigenvalue weighted by Crippen LogP contribution is -2.30. The Morgan fingerprint density at radius 3 is 2.62 bits per heavy atom. The first kappa shape index (κ1) is 14.7. The van der Waals surface area contributed by atoms with Crippen molar-refractivity contribution in [3.63, 3.8) is 0 Å². The largest absolute Gasteiger partial charge is 0.481 e. The van der Waals surface area contributed by atoms with Crippen LogP contribution in [0.2, 0.25) is 0 Å². The summed E-state index contributed by atoms with van der Waals surface area (Å²) in [7, 11) is 0. The lowest BCUT2D eigenvalue weighted by Gasteiger charge is -2.15. The molecule has 5 heteroatoms. The maximum Gasteiger partial charge on any atom is 0.265 e. The summed E-state index contributed by atoms with van der Waals surface area (Å²) in [5.41, 5.74) is 0.956. The number of anilines is 1. The van der Waals surface area contributed by atoms with Crippen LogP contribution in [0.25, 0.3) is 0 Å². The van der Waals surface area contributed by atoms with Crippen LogP contribution in [-0.2, 0) is 4.79 Å². The number of hydrogen-bond donors (Lipinski definition) is 1. The number of hydrogen-bond acceptors (Lipinski definition) is 3. The van der Waals surface area contributed by atoms with Gasteiger partial charge in [0.2, 0.25) is 0 Å². The maximum absolute atomic E-state index is 12.8. The fourth-order valence-corrected chi connectivity index (χ4v) is 1.70. The van der Waals surface area contributed by atoms with Gasteiger partial charge in [-0.05, 0) is 43.3 Å². The molecule has 0 saturated carbocycles. The number of benzene rings is 2. The first-order valence-electron chi connectivity index (χ1n) is 6.37. The van der Waals surface area contributed by atoms with Crippen molar-refractivity contribution in [3.05, 3.63) is 59.9 Å². The Hall–Kier alpha value is -2.69. The number of aldehydes is 1. The molecule has 0 spiro atoms. The Morgan fingerprint density at radius 1 is 1.24 bits per heavy atom. The van der Waals surface area contributed by atoms with Crippen molar-refractivity contribution in [2.75, 3.05) is 5.32 Å². The van der Waals surface area contributed by atoms with Crippen LogP contribution >= 0.6 is 0 Å². The smallest absolute Gasteiger partial charge is 0.265 e. The van der Waals surface area contributed by atoms with Crippen LogP contribution in [0, 0.1) is 5.82 Å². The predicted molar refractivity (Wildman–Crippen MR) is 76.9 cm³/mol. The standard InChI is InChI=1S/C16H14FNO3/c1-11(21-15-4-2-3-12(9-15)10-19)16(20)18-14-7-5-13(17)6-8-14/h2-11H,1H3,(H,18,20)/t11-/m1/s1. The van der Waals surface area contributed by atoms with E-state index in [4.69, 9.17) is 4.74 Å². The minimum atomic E-state index is -0.753.